The van der Waals surface area contributed by atoms with Crippen molar-refractivity contribution in [3.05, 3.63) is 12.7 Å². The monoisotopic (exact) mass is 142 g/mol. The molecule has 0 radical (unpaired) electrons. The van der Waals surface area contributed by atoms with Crippen LogP contribution in [-0.4, -0.2) is 31.6 Å². The van der Waals surface area contributed by atoms with E-state index in [1.54, 1.807) is 0 Å². The number of aliphatic hydroxyl groups excluding tert-OH is 1. The van der Waals surface area contributed by atoms with E-state index in [4.69, 9.17) is 10.2 Å². The molecule has 54 valence electrons. The standard InChI is InChI=1S/C4H6N4O2/c9-4(10)8-3-6-1-5-2-7-3/h1-2,4,9-10H,(H,5,6,7,8). The minimum Gasteiger partial charge on any atom is -0.351 e. The Bertz CT molecular complexity index is 190. The van der Waals surface area contributed by atoms with Gasteiger partial charge >= 0.3 is 0 Å². The highest BCUT2D eigenvalue weighted by Gasteiger charge is 1.96. The number of hydrogen-bond donors (Lipinski definition) is 3. The maximum Gasteiger partial charge on any atom is 0.235 e. The topological polar surface area (TPSA) is 91.2 Å². The summed E-state index contributed by atoms with van der Waals surface area (Å²) in [5, 5.41) is 18.9. The van der Waals surface area contributed by atoms with Gasteiger partial charge in [-0.2, -0.15) is 0 Å². The number of rotatable bonds is 2. The van der Waals surface area contributed by atoms with Gasteiger partial charge in [0.2, 0.25) is 12.4 Å². The highest BCUT2D eigenvalue weighted by molar-refractivity contribution is 5.19. The molecule has 0 saturated heterocycles. The molecule has 0 aromatic carbocycles. The van der Waals surface area contributed by atoms with Gasteiger partial charge in [-0.3, -0.25) is 0 Å². The average molecular weight is 142 g/mol. The molecule has 6 heteroatoms. The Morgan fingerprint density at radius 2 is 1.90 bits per heavy atom. The third kappa shape index (κ3) is 1.92. The van der Waals surface area contributed by atoms with Gasteiger partial charge in [-0.1, -0.05) is 0 Å². The van der Waals surface area contributed by atoms with Crippen LogP contribution in [0.3, 0.4) is 0 Å². The Morgan fingerprint density at radius 1 is 1.30 bits per heavy atom. The van der Waals surface area contributed by atoms with Crippen molar-refractivity contribution in [2.45, 2.75) is 6.41 Å². The third-order valence-electron chi connectivity index (χ3n) is 0.752. The van der Waals surface area contributed by atoms with Crippen LogP contribution in [0.5, 0.6) is 0 Å². The first-order chi connectivity index (χ1) is 4.79. The summed E-state index contributed by atoms with van der Waals surface area (Å²) in [6.45, 7) is 0. The molecule has 1 heterocycles. The maximum atomic E-state index is 8.35. The van der Waals surface area contributed by atoms with Crippen molar-refractivity contribution >= 4 is 5.95 Å². The SMILES string of the molecule is OC(O)Nc1ncncn1. The van der Waals surface area contributed by atoms with Crippen LogP contribution in [0, 0.1) is 0 Å². The molecule has 0 atom stereocenters. The number of aromatic nitrogens is 3. The second-order valence-corrected chi connectivity index (χ2v) is 1.48. The molecule has 0 saturated carbocycles. The first-order valence-electron chi connectivity index (χ1n) is 2.54. The molecule has 0 fully saturated rings. The van der Waals surface area contributed by atoms with E-state index in [0.29, 0.717) is 0 Å². The highest BCUT2D eigenvalue weighted by Crippen LogP contribution is 1.91. The molecule has 1 aromatic rings. The van der Waals surface area contributed by atoms with Crippen molar-refractivity contribution in [1.29, 1.82) is 0 Å². The third-order valence-corrected chi connectivity index (χ3v) is 0.752. The summed E-state index contributed by atoms with van der Waals surface area (Å²) < 4.78 is 0. The summed E-state index contributed by atoms with van der Waals surface area (Å²) in [6.07, 6.45) is 0.859. The van der Waals surface area contributed by atoms with Crippen LogP contribution < -0.4 is 5.32 Å². The number of nitrogens with one attached hydrogen (secondary N) is 1. The predicted octanol–water partition coefficient (Wildman–Crippen LogP) is -1.45. The summed E-state index contributed by atoms with van der Waals surface area (Å²) >= 11 is 0. The van der Waals surface area contributed by atoms with Crippen LogP contribution >= 0.6 is 0 Å². The van der Waals surface area contributed by atoms with E-state index in [1.807, 2.05) is 0 Å². The molecule has 0 aliphatic heterocycles. The summed E-state index contributed by atoms with van der Waals surface area (Å²) in [6, 6.07) is 0. The Hall–Kier alpha value is -1.27. The lowest BCUT2D eigenvalue weighted by Gasteiger charge is -2.03. The number of aliphatic hydroxyl groups is 2. The zero-order chi connectivity index (χ0) is 7.40. The van der Waals surface area contributed by atoms with Crippen molar-refractivity contribution < 1.29 is 10.2 Å². The highest BCUT2D eigenvalue weighted by atomic mass is 16.5. The molecule has 1 aromatic heterocycles. The van der Waals surface area contributed by atoms with Gasteiger partial charge < -0.3 is 15.5 Å². The number of anilines is 1. The van der Waals surface area contributed by atoms with Crippen LogP contribution in [0.2, 0.25) is 0 Å². The van der Waals surface area contributed by atoms with Crippen LogP contribution in [0.15, 0.2) is 12.7 Å². The first-order valence-corrected chi connectivity index (χ1v) is 2.54. The van der Waals surface area contributed by atoms with Crippen LogP contribution in [-0.2, 0) is 0 Å². The molecule has 0 aliphatic rings. The average Bonchev–Trinajstić information content (AvgIpc) is 1.88. The number of nitrogens with zero attached hydrogens (tertiary/aromatic N) is 3. The molecule has 0 spiro atoms. The molecular formula is C4H6N4O2. The van der Waals surface area contributed by atoms with Gasteiger partial charge in [-0.25, -0.2) is 15.0 Å². The lowest BCUT2D eigenvalue weighted by atomic mass is 10.9. The van der Waals surface area contributed by atoms with E-state index < -0.39 is 6.41 Å². The van der Waals surface area contributed by atoms with Crippen LogP contribution in [0.25, 0.3) is 0 Å². The molecule has 1 rings (SSSR count). The van der Waals surface area contributed by atoms with Gasteiger partial charge in [0.1, 0.15) is 12.7 Å². The fourth-order valence-electron chi connectivity index (χ4n) is 0.429. The van der Waals surface area contributed by atoms with Gasteiger partial charge in [0.05, 0.1) is 0 Å². The van der Waals surface area contributed by atoms with E-state index in [0.717, 1.165) is 0 Å². The van der Waals surface area contributed by atoms with Crippen molar-refractivity contribution in [1.82, 2.24) is 15.0 Å². The normalized spacial score (nSPS) is 9.90. The van der Waals surface area contributed by atoms with Gasteiger partial charge in [-0.15, -0.1) is 0 Å². The van der Waals surface area contributed by atoms with Gasteiger partial charge in [0, 0.05) is 0 Å². The zero-order valence-electron chi connectivity index (χ0n) is 4.97. The lowest BCUT2D eigenvalue weighted by molar-refractivity contribution is -0.0153. The molecule has 10 heavy (non-hydrogen) atoms. The maximum absolute atomic E-state index is 8.35. The van der Waals surface area contributed by atoms with E-state index in [9.17, 15) is 0 Å². The number of hydrogen-bond acceptors (Lipinski definition) is 6. The van der Waals surface area contributed by atoms with Crippen LogP contribution in [0.4, 0.5) is 5.95 Å². The lowest BCUT2D eigenvalue weighted by Crippen LogP contribution is -2.18. The Morgan fingerprint density at radius 3 is 2.40 bits per heavy atom. The second kappa shape index (κ2) is 3.04. The Labute approximate surface area is 56.6 Å². The molecule has 6 nitrogen and oxygen atoms in total. The molecule has 0 unspecified atom stereocenters. The quantitative estimate of drug-likeness (QED) is 0.438. The molecule has 0 bridgehead atoms. The summed E-state index contributed by atoms with van der Waals surface area (Å²) in [4.78, 5) is 10.7. The molecule has 0 amide bonds. The van der Waals surface area contributed by atoms with Crippen molar-refractivity contribution in [3.8, 4) is 0 Å². The van der Waals surface area contributed by atoms with Gasteiger partial charge in [-0.05, 0) is 0 Å². The van der Waals surface area contributed by atoms with Gasteiger partial charge in [0.15, 0.2) is 0 Å². The van der Waals surface area contributed by atoms with E-state index in [-0.39, 0.29) is 5.95 Å². The first kappa shape index (κ1) is 6.84. The molecule has 3 N–H and O–H groups in total. The zero-order valence-corrected chi connectivity index (χ0v) is 4.97. The summed E-state index contributed by atoms with van der Waals surface area (Å²) in [7, 11) is 0. The van der Waals surface area contributed by atoms with Crippen molar-refractivity contribution in [2.75, 3.05) is 5.32 Å². The Kier molecular flexibility index (Phi) is 2.08. The molecular weight excluding hydrogens is 136 g/mol. The van der Waals surface area contributed by atoms with Crippen molar-refractivity contribution in [3.63, 3.8) is 0 Å². The second-order valence-electron chi connectivity index (χ2n) is 1.48. The minimum atomic E-state index is -1.64. The van der Waals surface area contributed by atoms with Crippen molar-refractivity contribution in [2.24, 2.45) is 0 Å². The Balaban J connectivity index is 2.59. The fourth-order valence-corrected chi connectivity index (χ4v) is 0.429. The van der Waals surface area contributed by atoms with Crippen LogP contribution in [0.1, 0.15) is 0 Å². The molecule has 0 aliphatic carbocycles. The summed E-state index contributed by atoms with van der Waals surface area (Å²) in [5.74, 6) is 0.130. The fraction of sp³-hybridized carbons (Fsp3) is 0.250. The minimum absolute atomic E-state index is 0.130. The van der Waals surface area contributed by atoms with E-state index in [1.165, 1.54) is 12.7 Å². The predicted molar refractivity (Wildman–Crippen MR) is 31.7 cm³/mol. The van der Waals surface area contributed by atoms with Gasteiger partial charge in [0.25, 0.3) is 0 Å². The largest absolute Gasteiger partial charge is 0.351 e. The summed E-state index contributed by atoms with van der Waals surface area (Å²) in [5.41, 5.74) is 0. The van der Waals surface area contributed by atoms with E-state index in [2.05, 4.69) is 20.3 Å². The smallest absolute Gasteiger partial charge is 0.235 e. The van der Waals surface area contributed by atoms with E-state index >= 15 is 0 Å².